The Hall–Kier alpha value is -2.04. The summed E-state index contributed by atoms with van der Waals surface area (Å²) in [5, 5.41) is 3.83. The first-order chi connectivity index (χ1) is 8.87. The van der Waals surface area contributed by atoms with Gasteiger partial charge < -0.3 is 15.0 Å². The third-order valence-corrected chi connectivity index (χ3v) is 2.68. The van der Waals surface area contributed by atoms with E-state index in [1.54, 1.807) is 6.20 Å². The summed E-state index contributed by atoms with van der Waals surface area (Å²) < 4.78 is 5.24. The number of pyridine rings is 1. The monoisotopic (exact) mass is 261 g/mol. The van der Waals surface area contributed by atoms with Crippen molar-refractivity contribution in [3.8, 4) is 0 Å². The molecule has 2 rings (SSSR count). The van der Waals surface area contributed by atoms with E-state index in [9.17, 15) is 4.79 Å². The third kappa shape index (κ3) is 3.24. The quantitative estimate of drug-likeness (QED) is 0.872. The first-order valence-electron chi connectivity index (χ1n) is 6.28. The molecule has 0 fully saturated rings. The number of H-pyrrole nitrogens is 1. The summed E-state index contributed by atoms with van der Waals surface area (Å²) in [6.45, 7) is 7.44. The molecule has 0 aliphatic carbocycles. The zero-order chi connectivity index (χ0) is 14.0. The summed E-state index contributed by atoms with van der Waals surface area (Å²) in [6, 6.07) is 3.70. The second-order valence-corrected chi connectivity index (χ2v) is 5.51. The number of carbonyl (C=O) groups excluding carboxylic acids is 1. The molecule has 0 bridgehead atoms. The van der Waals surface area contributed by atoms with E-state index in [0.29, 0.717) is 0 Å². The summed E-state index contributed by atoms with van der Waals surface area (Å²) >= 11 is 0. The van der Waals surface area contributed by atoms with Gasteiger partial charge in [0.25, 0.3) is 0 Å². The Balaban J connectivity index is 2.12. The van der Waals surface area contributed by atoms with E-state index < -0.39 is 11.7 Å². The average Bonchev–Trinajstić information content (AvgIpc) is 2.69. The predicted molar refractivity (Wildman–Crippen MR) is 73.9 cm³/mol. The van der Waals surface area contributed by atoms with E-state index in [4.69, 9.17) is 4.74 Å². The van der Waals surface area contributed by atoms with Crippen LogP contribution in [-0.2, 0) is 4.74 Å². The van der Waals surface area contributed by atoms with Crippen molar-refractivity contribution in [2.45, 2.75) is 39.3 Å². The van der Waals surface area contributed by atoms with Crippen LogP contribution in [0.3, 0.4) is 0 Å². The van der Waals surface area contributed by atoms with Crippen LogP contribution in [0.4, 0.5) is 4.79 Å². The zero-order valence-corrected chi connectivity index (χ0v) is 11.7. The van der Waals surface area contributed by atoms with Gasteiger partial charge in [0.15, 0.2) is 0 Å². The van der Waals surface area contributed by atoms with Crippen molar-refractivity contribution >= 4 is 17.1 Å². The van der Waals surface area contributed by atoms with Crippen molar-refractivity contribution in [2.75, 3.05) is 0 Å². The minimum Gasteiger partial charge on any atom is -0.444 e. The van der Waals surface area contributed by atoms with Crippen LogP contribution in [-0.4, -0.2) is 21.7 Å². The zero-order valence-electron chi connectivity index (χ0n) is 11.7. The molecule has 0 radical (unpaired) electrons. The molecule has 0 aromatic carbocycles. The topological polar surface area (TPSA) is 67.0 Å². The highest BCUT2D eigenvalue weighted by Crippen LogP contribution is 2.22. The van der Waals surface area contributed by atoms with Gasteiger partial charge in [-0.15, -0.1) is 0 Å². The first-order valence-corrected chi connectivity index (χ1v) is 6.28. The smallest absolute Gasteiger partial charge is 0.408 e. The van der Waals surface area contributed by atoms with Gasteiger partial charge in [0, 0.05) is 23.3 Å². The van der Waals surface area contributed by atoms with Crippen LogP contribution in [0.15, 0.2) is 24.5 Å². The summed E-state index contributed by atoms with van der Waals surface area (Å²) in [5.74, 6) is 0. The number of hydrogen-bond acceptors (Lipinski definition) is 3. The molecule has 0 spiro atoms. The van der Waals surface area contributed by atoms with Gasteiger partial charge in [0.05, 0.1) is 6.04 Å². The van der Waals surface area contributed by atoms with E-state index >= 15 is 0 Å². The molecular formula is C14H19N3O2. The van der Waals surface area contributed by atoms with Crippen molar-refractivity contribution in [2.24, 2.45) is 0 Å². The molecule has 0 saturated heterocycles. The molecule has 1 unspecified atom stereocenters. The van der Waals surface area contributed by atoms with Crippen molar-refractivity contribution in [3.05, 3.63) is 30.1 Å². The van der Waals surface area contributed by atoms with Crippen molar-refractivity contribution in [3.63, 3.8) is 0 Å². The third-order valence-electron chi connectivity index (χ3n) is 2.68. The minimum absolute atomic E-state index is 0.146. The molecule has 19 heavy (non-hydrogen) atoms. The van der Waals surface area contributed by atoms with Gasteiger partial charge in [0.1, 0.15) is 11.2 Å². The van der Waals surface area contributed by atoms with Crippen LogP contribution < -0.4 is 5.32 Å². The van der Waals surface area contributed by atoms with Gasteiger partial charge in [-0.1, -0.05) is 0 Å². The molecule has 1 atom stereocenters. The first kappa shape index (κ1) is 13.4. The van der Waals surface area contributed by atoms with Gasteiger partial charge in [-0.2, -0.15) is 0 Å². The number of aromatic nitrogens is 2. The average molecular weight is 261 g/mol. The van der Waals surface area contributed by atoms with Crippen molar-refractivity contribution < 1.29 is 9.53 Å². The van der Waals surface area contributed by atoms with Crippen molar-refractivity contribution in [1.82, 2.24) is 15.3 Å². The van der Waals surface area contributed by atoms with Gasteiger partial charge in [0.2, 0.25) is 0 Å². The fourth-order valence-corrected chi connectivity index (χ4v) is 1.90. The Bertz CT molecular complexity index is 584. The van der Waals surface area contributed by atoms with E-state index in [2.05, 4.69) is 15.3 Å². The number of aromatic amines is 1. The lowest BCUT2D eigenvalue weighted by Crippen LogP contribution is -2.33. The number of nitrogens with one attached hydrogen (secondary N) is 2. The maximum Gasteiger partial charge on any atom is 0.408 e. The number of fused-ring (bicyclic) bond motifs is 1. The Morgan fingerprint density at radius 3 is 2.89 bits per heavy atom. The SMILES string of the molecule is CC(NC(=O)OC(C)(C)C)c1c[nH]c2ncccc12. The molecule has 2 aromatic rings. The molecule has 5 nitrogen and oxygen atoms in total. The number of nitrogens with zero attached hydrogens (tertiary/aromatic N) is 1. The fourth-order valence-electron chi connectivity index (χ4n) is 1.90. The number of carbonyl (C=O) groups is 1. The highest BCUT2D eigenvalue weighted by Gasteiger charge is 2.19. The second-order valence-electron chi connectivity index (χ2n) is 5.51. The molecule has 1 amide bonds. The predicted octanol–water partition coefficient (Wildman–Crippen LogP) is 3.15. The summed E-state index contributed by atoms with van der Waals surface area (Å²) in [5.41, 5.74) is 1.32. The van der Waals surface area contributed by atoms with Gasteiger partial charge >= 0.3 is 6.09 Å². The lowest BCUT2D eigenvalue weighted by molar-refractivity contribution is 0.0508. The fraction of sp³-hybridized carbons (Fsp3) is 0.429. The standard InChI is InChI=1S/C14H19N3O2/c1-9(17-13(18)19-14(2,3)4)11-8-16-12-10(11)6-5-7-15-12/h5-9H,1-4H3,(H,15,16)(H,17,18). The molecule has 0 aliphatic heterocycles. The lowest BCUT2D eigenvalue weighted by Gasteiger charge is -2.21. The number of ether oxygens (including phenoxy) is 1. The maximum atomic E-state index is 11.7. The van der Waals surface area contributed by atoms with Crippen LogP contribution in [0.25, 0.3) is 11.0 Å². The number of amides is 1. The molecule has 0 aliphatic rings. The lowest BCUT2D eigenvalue weighted by atomic mass is 10.1. The molecule has 2 aromatic heterocycles. The highest BCUT2D eigenvalue weighted by molar-refractivity contribution is 5.80. The Morgan fingerprint density at radius 1 is 1.47 bits per heavy atom. The van der Waals surface area contributed by atoms with E-state index in [0.717, 1.165) is 16.6 Å². The van der Waals surface area contributed by atoms with Crippen molar-refractivity contribution in [1.29, 1.82) is 0 Å². The number of rotatable bonds is 2. The minimum atomic E-state index is -0.494. The van der Waals surface area contributed by atoms with Gasteiger partial charge in [-0.25, -0.2) is 9.78 Å². The largest absolute Gasteiger partial charge is 0.444 e. The molecule has 102 valence electrons. The molecule has 0 saturated carbocycles. The summed E-state index contributed by atoms with van der Waals surface area (Å²) in [7, 11) is 0. The van der Waals surface area contributed by atoms with Gasteiger partial charge in [-0.3, -0.25) is 0 Å². The normalized spacial score (nSPS) is 13.3. The Morgan fingerprint density at radius 2 is 2.21 bits per heavy atom. The van der Waals surface area contributed by atoms with E-state index in [1.165, 1.54) is 0 Å². The summed E-state index contributed by atoms with van der Waals surface area (Å²) in [4.78, 5) is 19.1. The molecule has 2 heterocycles. The van der Waals surface area contributed by atoms with Crippen LogP contribution in [0.1, 0.15) is 39.3 Å². The molecule has 2 N–H and O–H groups in total. The molecular weight excluding hydrogens is 242 g/mol. The second kappa shape index (κ2) is 4.91. The summed E-state index contributed by atoms with van der Waals surface area (Å²) in [6.07, 6.45) is 3.17. The van der Waals surface area contributed by atoms with E-state index in [-0.39, 0.29) is 6.04 Å². The highest BCUT2D eigenvalue weighted by atomic mass is 16.6. The van der Waals surface area contributed by atoms with Crippen LogP contribution in [0.5, 0.6) is 0 Å². The Kier molecular flexibility index (Phi) is 3.46. The van der Waals surface area contributed by atoms with Crippen LogP contribution in [0, 0.1) is 0 Å². The van der Waals surface area contributed by atoms with Crippen LogP contribution >= 0.6 is 0 Å². The van der Waals surface area contributed by atoms with E-state index in [1.807, 2.05) is 46.0 Å². The number of alkyl carbamates (subject to hydrolysis) is 1. The molecule has 5 heteroatoms. The van der Waals surface area contributed by atoms with Crippen LogP contribution in [0.2, 0.25) is 0 Å². The van der Waals surface area contributed by atoms with Gasteiger partial charge in [-0.05, 0) is 39.8 Å². The maximum absolute atomic E-state index is 11.7. The number of hydrogen-bond donors (Lipinski definition) is 2. The Labute approximate surface area is 112 Å².